The average Bonchev–Trinajstić information content (AvgIpc) is 2.49. The van der Waals surface area contributed by atoms with Crippen LogP contribution >= 0.6 is 0 Å². The Morgan fingerprint density at radius 3 is 2.62 bits per heavy atom. The Morgan fingerprint density at radius 1 is 1.25 bits per heavy atom. The lowest BCUT2D eigenvalue weighted by atomic mass is 10.0. The van der Waals surface area contributed by atoms with E-state index in [1.54, 1.807) is 11.5 Å². The van der Waals surface area contributed by atoms with E-state index >= 15 is 0 Å². The highest BCUT2D eigenvalue weighted by Gasteiger charge is 2.28. The highest BCUT2D eigenvalue weighted by atomic mass is 19.4. The molecule has 0 spiro atoms. The van der Waals surface area contributed by atoms with Gasteiger partial charge in [-0.1, -0.05) is 0 Å². The molecular weight excluding hydrogens is 217 g/mol. The summed E-state index contributed by atoms with van der Waals surface area (Å²) in [5.74, 6) is 0.719. The van der Waals surface area contributed by atoms with Crippen LogP contribution in [0.5, 0.6) is 0 Å². The van der Waals surface area contributed by atoms with Crippen molar-refractivity contribution in [1.29, 1.82) is 0 Å². The summed E-state index contributed by atoms with van der Waals surface area (Å²) in [7, 11) is 0. The Kier molecular flexibility index (Phi) is 2.95. The summed E-state index contributed by atoms with van der Waals surface area (Å²) in [6.07, 6.45) is -0.912. The van der Waals surface area contributed by atoms with Crippen LogP contribution in [0.3, 0.4) is 0 Å². The monoisotopic (exact) mass is 232 g/mol. The Labute approximate surface area is 92.5 Å². The smallest absolute Gasteiger partial charge is 0.332 e. The van der Waals surface area contributed by atoms with E-state index in [2.05, 4.69) is 4.98 Å². The molecule has 16 heavy (non-hydrogen) atoms. The molecule has 1 aliphatic rings. The Hall–Kier alpha value is -1.00. The maximum atomic E-state index is 12.2. The number of fused-ring (bicyclic) bond motifs is 1. The molecule has 0 saturated heterocycles. The summed E-state index contributed by atoms with van der Waals surface area (Å²) in [6, 6.07) is 0. The van der Waals surface area contributed by atoms with Crippen molar-refractivity contribution in [2.75, 3.05) is 0 Å². The van der Waals surface area contributed by atoms with Gasteiger partial charge in [-0.2, -0.15) is 13.2 Å². The number of hydrogen-bond donors (Lipinski definition) is 0. The van der Waals surface area contributed by atoms with Gasteiger partial charge in [0.25, 0.3) is 0 Å². The van der Waals surface area contributed by atoms with Crippen molar-refractivity contribution in [1.82, 2.24) is 9.55 Å². The van der Waals surface area contributed by atoms with Gasteiger partial charge in [0.1, 0.15) is 5.82 Å². The van der Waals surface area contributed by atoms with Crippen molar-refractivity contribution < 1.29 is 13.2 Å². The third-order valence-electron chi connectivity index (χ3n) is 3.04. The van der Waals surface area contributed by atoms with Crippen LogP contribution in [0.15, 0.2) is 0 Å². The summed E-state index contributed by atoms with van der Waals surface area (Å²) in [6.45, 7) is 1.80. The molecule has 1 aromatic heterocycles. The second kappa shape index (κ2) is 4.11. The van der Waals surface area contributed by atoms with Gasteiger partial charge >= 0.3 is 6.18 Å². The molecule has 0 fully saturated rings. The third kappa shape index (κ3) is 2.39. The normalized spacial score (nSPS) is 16.2. The molecule has 90 valence electrons. The van der Waals surface area contributed by atoms with Crippen molar-refractivity contribution in [2.45, 2.75) is 51.7 Å². The maximum Gasteiger partial charge on any atom is 0.390 e. The Bertz CT molecular complexity index is 379. The minimum Gasteiger partial charge on any atom is -0.332 e. The highest BCUT2D eigenvalue weighted by molar-refractivity contribution is 5.19. The molecule has 0 amide bonds. The van der Waals surface area contributed by atoms with Gasteiger partial charge in [-0.05, 0) is 32.6 Å². The molecule has 0 atom stereocenters. The maximum absolute atomic E-state index is 12.2. The van der Waals surface area contributed by atoms with Gasteiger partial charge in [-0.25, -0.2) is 4.98 Å². The molecule has 1 aromatic rings. The quantitative estimate of drug-likeness (QED) is 0.766. The average molecular weight is 232 g/mol. The summed E-state index contributed by atoms with van der Waals surface area (Å²) < 4.78 is 38.3. The number of nitrogens with zero attached hydrogens (tertiary/aromatic N) is 2. The molecule has 0 bridgehead atoms. The molecule has 0 aliphatic heterocycles. The first-order valence-corrected chi connectivity index (χ1v) is 5.59. The summed E-state index contributed by atoms with van der Waals surface area (Å²) in [4.78, 5) is 4.35. The van der Waals surface area contributed by atoms with Gasteiger partial charge in [-0.3, -0.25) is 0 Å². The molecule has 0 unspecified atom stereocenters. The van der Waals surface area contributed by atoms with E-state index in [9.17, 15) is 13.2 Å². The molecule has 0 radical (unpaired) electrons. The van der Waals surface area contributed by atoms with Crippen molar-refractivity contribution in [3.05, 3.63) is 17.2 Å². The predicted molar refractivity (Wildman–Crippen MR) is 54.3 cm³/mol. The fourth-order valence-corrected chi connectivity index (χ4v) is 2.27. The van der Waals surface area contributed by atoms with Gasteiger partial charge in [0, 0.05) is 12.2 Å². The highest BCUT2D eigenvalue weighted by Crippen LogP contribution is 2.25. The summed E-state index contributed by atoms with van der Waals surface area (Å²) >= 11 is 0. The van der Waals surface area contributed by atoms with Crippen LogP contribution in [0, 0.1) is 6.92 Å². The van der Waals surface area contributed by atoms with E-state index in [1.807, 2.05) is 0 Å². The number of rotatable bonds is 2. The number of halogens is 3. The lowest BCUT2D eigenvalue weighted by molar-refractivity contribution is -0.136. The Morgan fingerprint density at radius 2 is 1.94 bits per heavy atom. The van der Waals surface area contributed by atoms with Gasteiger partial charge in [0.15, 0.2) is 0 Å². The molecule has 1 aliphatic carbocycles. The van der Waals surface area contributed by atoms with Crippen LogP contribution in [0.25, 0.3) is 0 Å². The van der Waals surface area contributed by atoms with Crippen molar-refractivity contribution >= 4 is 0 Å². The predicted octanol–water partition coefficient (Wildman–Crippen LogP) is 3.02. The topological polar surface area (TPSA) is 17.8 Å². The van der Waals surface area contributed by atoms with Gasteiger partial charge in [0.2, 0.25) is 0 Å². The third-order valence-corrected chi connectivity index (χ3v) is 3.04. The van der Waals surface area contributed by atoms with E-state index in [1.165, 1.54) is 0 Å². The van der Waals surface area contributed by atoms with Crippen molar-refractivity contribution in [2.24, 2.45) is 0 Å². The van der Waals surface area contributed by atoms with Crippen molar-refractivity contribution in [3.8, 4) is 0 Å². The molecule has 5 heteroatoms. The number of hydrogen-bond acceptors (Lipinski definition) is 1. The number of aryl methyl sites for hydroxylation is 2. The molecule has 0 aromatic carbocycles. The van der Waals surface area contributed by atoms with E-state index in [4.69, 9.17) is 0 Å². The van der Waals surface area contributed by atoms with Crippen LogP contribution in [-0.2, 0) is 19.4 Å². The van der Waals surface area contributed by atoms with Gasteiger partial charge in [-0.15, -0.1) is 0 Å². The first kappa shape index (κ1) is 11.5. The van der Waals surface area contributed by atoms with E-state index < -0.39 is 12.6 Å². The molecule has 2 rings (SSSR count). The zero-order valence-electron chi connectivity index (χ0n) is 9.27. The van der Waals surface area contributed by atoms with E-state index in [0.29, 0.717) is 0 Å². The molecular formula is C11H15F3N2. The molecule has 2 nitrogen and oxygen atoms in total. The van der Waals surface area contributed by atoms with Gasteiger partial charge < -0.3 is 4.57 Å². The minimum atomic E-state index is -4.09. The summed E-state index contributed by atoms with van der Waals surface area (Å²) in [5.41, 5.74) is 2.03. The second-order valence-corrected chi connectivity index (χ2v) is 4.28. The molecule has 0 saturated carbocycles. The van der Waals surface area contributed by atoms with Crippen LogP contribution in [0.2, 0.25) is 0 Å². The lowest BCUT2D eigenvalue weighted by Crippen LogP contribution is -2.16. The fourth-order valence-electron chi connectivity index (χ4n) is 2.27. The number of alkyl halides is 3. The molecule has 1 heterocycles. The SMILES string of the molecule is Cc1nc2c(n1CCC(F)(F)F)CCCC2. The van der Waals surface area contributed by atoms with E-state index in [0.717, 1.165) is 42.9 Å². The zero-order chi connectivity index (χ0) is 11.8. The Balaban J connectivity index is 2.17. The van der Waals surface area contributed by atoms with E-state index in [-0.39, 0.29) is 6.54 Å². The minimum absolute atomic E-state index is 0.0116. The standard InChI is InChI=1S/C11H15F3N2/c1-8-15-9-4-2-3-5-10(9)16(8)7-6-11(12,13)14/h2-7H2,1H3. The van der Waals surface area contributed by atoms with Crippen molar-refractivity contribution in [3.63, 3.8) is 0 Å². The van der Waals surface area contributed by atoms with Gasteiger partial charge in [0.05, 0.1) is 12.1 Å². The summed E-state index contributed by atoms with van der Waals surface area (Å²) in [5, 5.41) is 0. The lowest BCUT2D eigenvalue weighted by Gasteiger charge is -2.15. The largest absolute Gasteiger partial charge is 0.390 e. The number of aromatic nitrogens is 2. The van der Waals surface area contributed by atoms with Crippen LogP contribution in [0.1, 0.15) is 36.5 Å². The number of imidazole rings is 1. The fraction of sp³-hybridized carbons (Fsp3) is 0.727. The molecule has 0 N–H and O–H groups in total. The first-order valence-electron chi connectivity index (χ1n) is 5.59. The van der Waals surface area contributed by atoms with Crippen LogP contribution < -0.4 is 0 Å². The zero-order valence-corrected chi connectivity index (χ0v) is 9.27. The van der Waals surface area contributed by atoms with Crippen LogP contribution in [0.4, 0.5) is 13.2 Å². The first-order chi connectivity index (χ1) is 7.47. The second-order valence-electron chi connectivity index (χ2n) is 4.28. The van der Waals surface area contributed by atoms with Crippen LogP contribution in [-0.4, -0.2) is 15.7 Å².